The highest BCUT2D eigenvalue weighted by molar-refractivity contribution is 6.31. The van der Waals surface area contributed by atoms with Crippen molar-refractivity contribution in [1.82, 2.24) is 9.97 Å². The summed E-state index contributed by atoms with van der Waals surface area (Å²) in [5, 5.41) is 3.52. The second-order valence-electron chi connectivity index (χ2n) is 4.06. The zero-order valence-electron chi connectivity index (χ0n) is 11.4. The van der Waals surface area contributed by atoms with Crippen LogP contribution < -0.4 is 14.8 Å². The van der Waals surface area contributed by atoms with E-state index in [0.717, 1.165) is 23.5 Å². The van der Waals surface area contributed by atoms with E-state index in [1.807, 2.05) is 18.2 Å². The number of halogens is 1. The minimum atomic E-state index is 0.375. The number of nitrogens with one attached hydrogen (secondary N) is 1. The van der Waals surface area contributed by atoms with Crippen molar-refractivity contribution in [3.05, 3.63) is 41.3 Å². The van der Waals surface area contributed by atoms with Gasteiger partial charge in [-0.1, -0.05) is 17.7 Å². The second kappa shape index (κ2) is 6.96. The van der Waals surface area contributed by atoms with Gasteiger partial charge in [-0.3, -0.25) is 0 Å². The van der Waals surface area contributed by atoms with E-state index >= 15 is 0 Å². The normalized spacial score (nSPS) is 10.2. The van der Waals surface area contributed by atoms with Crippen LogP contribution in [0.1, 0.15) is 5.56 Å². The molecule has 2 aromatic rings. The van der Waals surface area contributed by atoms with Gasteiger partial charge in [-0.2, -0.15) is 0 Å². The fraction of sp³-hybridized carbons (Fsp3) is 0.286. The van der Waals surface area contributed by atoms with Crippen molar-refractivity contribution in [2.24, 2.45) is 0 Å². The molecule has 1 heterocycles. The maximum atomic E-state index is 5.92. The predicted octanol–water partition coefficient (Wildman–Crippen LogP) is 2.80. The second-order valence-corrected chi connectivity index (χ2v) is 4.42. The molecule has 0 atom stereocenters. The Balaban J connectivity index is 1.96. The molecule has 106 valence electrons. The largest absolute Gasteiger partial charge is 0.493 e. The van der Waals surface area contributed by atoms with Crippen molar-refractivity contribution in [1.29, 1.82) is 0 Å². The first kappa shape index (κ1) is 14.4. The molecule has 1 aromatic carbocycles. The number of nitrogens with zero attached hydrogens (tertiary/aromatic N) is 2. The minimum absolute atomic E-state index is 0.375. The van der Waals surface area contributed by atoms with Gasteiger partial charge >= 0.3 is 0 Å². The maximum Gasteiger partial charge on any atom is 0.171 e. The predicted molar refractivity (Wildman–Crippen MR) is 78.8 cm³/mol. The van der Waals surface area contributed by atoms with Gasteiger partial charge < -0.3 is 14.8 Å². The highest BCUT2D eigenvalue weighted by Crippen LogP contribution is 2.27. The Morgan fingerprint density at radius 3 is 2.55 bits per heavy atom. The van der Waals surface area contributed by atoms with E-state index < -0.39 is 0 Å². The van der Waals surface area contributed by atoms with Gasteiger partial charge in [-0.15, -0.1) is 0 Å². The van der Waals surface area contributed by atoms with E-state index in [0.29, 0.717) is 17.5 Å². The van der Waals surface area contributed by atoms with E-state index in [9.17, 15) is 0 Å². The van der Waals surface area contributed by atoms with Crippen LogP contribution in [-0.4, -0.2) is 30.7 Å². The Morgan fingerprint density at radius 2 is 1.85 bits per heavy atom. The lowest BCUT2D eigenvalue weighted by Crippen LogP contribution is -2.07. The van der Waals surface area contributed by atoms with Crippen molar-refractivity contribution in [2.75, 3.05) is 26.1 Å². The molecular weight excluding hydrogens is 278 g/mol. The number of ether oxygens (including phenoxy) is 2. The van der Waals surface area contributed by atoms with Crippen LogP contribution in [0.25, 0.3) is 0 Å². The minimum Gasteiger partial charge on any atom is -0.493 e. The molecule has 0 unspecified atom stereocenters. The molecule has 1 N–H and O–H groups in total. The Kier molecular flexibility index (Phi) is 5.01. The average Bonchev–Trinajstić information content (AvgIpc) is 2.49. The van der Waals surface area contributed by atoms with Crippen LogP contribution in [0, 0.1) is 0 Å². The summed E-state index contributed by atoms with van der Waals surface area (Å²) in [6, 6.07) is 5.85. The number of benzene rings is 1. The molecule has 0 aliphatic rings. The molecular formula is C14H16ClN3O2. The SMILES string of the molecule is COc1ccc(CCNc2nccnc2Cl)cc1OC. The summed E-state index contributed by atoms with van der Waals surface area (Å²) < 4.78 is 10.5. The lowest BCUT2D eigenvalue weighted by atomic mass is 10.1. The van der Waals surface area contributed by atoms with Crippen LogP contribution in [0.5, 0.6) is 11.5 Å². The quantitative estimate of drug-likeness (QED) is 0.887. The number of anilines is 1. The number of hydrogen-bond donors (Lipinski definition) is 1. The molecule has 0 aliphatic heterocycles. The molecule has 1 aromatic heterocycles. The van der Waals surface area contributed by atoms with Gasteiger partial charge in [0.05, 0.1) is 14.2 Å². The zero-order valence-corrected chi connectivity index (χ0v) is 12.1. The summed E-state index contributed by atoms with van der Waals surface area (Å²) in [7, 11) is 3.24. The van der Waals surface area contributed by atoms with Crippen molar-refractivity contribution >= 4 is 17.4 Å². The molecule has 5 nitrogen and oxygen atoms in total. The molecule has 0 saturated heterocycles. The third-order valence-electron chi connectivity index (χ3n) is 2.81. The van der Waals surface area contributed by atoms with Crippen LogP contribution >= 0.6 is 11.6 Å². The molecule has 0 spiro atoms. The molecule has 0 fully saturated rings. The lowest BCUT2D eigenvalue weighted by Gasteiger charge is -2.10. The van der Waals surface area contributed by atoms with Crippen LogP contribution in [0.15, 0.2) is 30.6 Å². The van der Waals surface area contributed by atoms with Gasteiger partial charge in [-0.25, -0.2) is 9.97 Å². The topological polar surface area (TPSA) is 56.3 Å². The number of hydrogen-bond acceptors (Lipinski definition) is 5. The standard InChI is InChI=1S/C14H16ClN3O2/c1-19-11-4-3-10(9-12(11)20-2)5-6-17-14-13(15)16-7-8-18-14/h3-4,7-9H,5-6H2,1-2H3,(H,17,18). The van der Waals surface area contributed by atoms with Crippen LogP contribution in [0.2, 0.25) is 5.15 Å². The van der Waals surface area contributed by atoms with Crippen molar-refractivity contribution < 1.29 is 9.47 Å². The molecule has 20 heavy (non-hydrogen) atoms. The van der Waals surface area contributed by atoms with Crippen molar-refractivity contribution in [3.8, 4) is 11.5 Å². The Hall–Kier alpha value is -2.01. The first-order chi connectivity index (χ1) is 9.74. The zero-order chi connectivity index (χ0) is 14.4. The summed E-state index contributed by atoms with van der Waals surface area (Å²) in [6.07, 6.45) is 3.97. The van der Waals surface area contributed by atoms with E-state index in [2.05, 4.69) is 15.3 Å². The Bertz CT molecular complexity index is 578. The number of aromatic nitrogens is 2. The molecule has 0 amide bonds. The monoisotopic (exact) mass is 293 g/mol. The van der Waals surface area contributed by atoms with E-state index in [-0.39, 0.29) is 0 Å². The molecule has 6 heteroatoms. The molecule has 0 bridgehead atoms. The summed E-state index contributed by atoms with van der Waals surface area (Å²) in [5.41, 5.74) is 1.13. The maximum absolute atomic E-state index is 5.92. The van der Waals surface area contributed by atoms with Gasteiger partial charge in [0.25, 0.3) is 0 Å². The highest BCUT2D eigenvalue weighted by Gasteiger charge is 2.05. The first-order valence-corrected chi connectivity index (χ1v) is 6.53. The summed E-state index contributed by atoms with van der Waals surface area (Å²) in [5.74, 6) is 2.04. The Morgan fingerprint density at radius 1 is 1.10 bits per heavy atom. The third-order valence-corrected chi connectivity index (χ3v) is 3.08. The molecule has 2 rings (SSSR count). The van der Waals surface area contributed by atoms with Crippen molar-refractivity contribution in [2.45, 2.75) is 6.42 Å². The van der Waals surface area contributed by atoms with Crippen LogP contribution in [0.4, 0.5) is 5.82 Å². The Labute approximate surface area is 122 Å². The van der Waals surface area contributed by atoms with Crippen molar-refractivity contribution in [3.63, 3.8) is 0 Å². The molecule has 0 saturated carbocycles. The summed E-state index contributed by atoms with van der Waals surface area (Å²) in [6.45, 7) is 0.702. The third kappa shape index (κ3) is 3.51. The summed E-state index contributed by atoms with van der Waals surface area (Å²) >= 11 is 5.92. The van der Waals surface area contributed by atoms with E-state index in [4.69, 9.17) is 21.1 Å². The molecule has 0 aliphatic carbocycles. The van der Waals surface area contributed by atoms with Gasteiger partial charge in [0.15, 0.2) is 22.5 Å². The average molecular weight is 294 g/mol. The summed E-state index contributed by atoms with van der Waals surface area (Å²) in [4.78, 5) is 8.08. The fourth-order valence-electron chi connectivity index (χ4n) is 1.80. The molecule has 0 radical (unpaired) electrons. The van der Waals surface area contributed by atoms with Crippen LogP contribution in [0.3, 0.4) is 0 Å². The van der Waals surface area contributed by atoms with Crippen LogP contribution in [-0.2, 0) is 6.42 Å². The first-order valence-electron chi connectivity index (χ1n) is 6.16. The van der Waals surface area contributed by atoms with Gasteiger partial charge in [0.2, 0.25) is 0 Å². The fourth-order valence-corrected chi connectivity index (χ4v) is 1.97. The number of rotatable bonds is 6. The van der Waals surface area contributed by atoms with E-state index in [1.54, 1.807) is 26.6 Å². The highest BCUT2D eigenvalue weighted by atomic mass is 35.5. The lowest BCUT2D eigenvalue weighted by molar-refractivity contribution is 0.354. The van der Waals surface area contributed by atoms with E-state index in [1.165, 1.54) is 0 Å². The van der Waals surface area contributed by atoms with Gasteiger partial charge in [0.1, 0.15) is 0 Å². The van der Waals surface area contributed by atoms with Gasteiger partial charge in [-0.05, 0) is 24.1 Å². The van der Waals surface area contributed by atoms with Gasteiger partial charge in [0, 0.05) is 18.9 Å². The smallest absolute Gasteiger partial charge is 0.171 e. The number of methoxy groups -OCH3 is 2.